The van der Waals surface area contributed by atoms with Crippen LogP contribution >= 0.6 is 62.3 Å². The molecule has 82 heavy (non-hydrogen) atoms. The van der Waals surface area contributed by atoms with Crippen LogP contribution in [0.5, 0.6) is 40.2 Å². The van der Waals surface area contributed by atoms with Gasteiger partial charge in [0.2, 0.25) is 5.43 Å². The van der Waals surface area contributed by atoms with Crippen LogP contribution < -0.4 is 48.7 Å². The minimum Gasteiger partial charge on any atom is -0.619 e. The lowest BCUT2D eigenvalue weighted by Gasteiger charge is -2.11. The summed E-state index contributed by atoms with van der Waals surface area (Å²) in [4.78, 5) is 48.8. The van der Waals surface area contributed by atoms with Crippen molar-refractivity contribution in [3.05, 3.63) is 143 Å². The first-order valence-corrected chi connectivity index (χ1v) is 28.1. The van der Waals surface area contributed by atoms with Gasteiger partial charge in [-0.15, -0.1) is 0 Å². The lowest BCUT2D eigenvalue weighted by Crippen LogP contribution is -2.25. The molecule has 10 rings (SSSR count). The second-order valence-electron chi connectivity index (χ2n) is 18.7. The summed E-state index contributed by atoms with van der Waals surface area (Å²) in [6.07, 6.45) is 20.5. The number of hydrogen-bond acceptors (Lipinski definition) is 18. The van der Waals surface area contributed by atoms with Crippen LogP contribution in [0.4, 0.5) is 0 Å². The quantitative estimate of drug-likeness (QED) is 0.0136. The molecular formula is C55H64BrCl4N7O15. The number of aliphatic hydroxyl groups excluding tert-OH is 2. The van der Waals surface area contributed by atoms with Crippen LogP contribution in [0, 0.1) is 34.3 Å². The van der Waals surface area contributed by atoms with Crippen molar-refractivity contribution in [3.8, 4) is 40.2 Å². The maximum absolute atomic E-state index is 12.5. The van der Waals surface area contributed by atoms with E-state index in [0.717, 1.165) is 37.8 Å². The van der Waals surface area contributed by atoms with Crippen LogP contribution in [-0.4, -0.2) is 111 Å². The topological polar surface area (TPSA) is 307 Å². The number of Topliss-reactive ketones (excluding diaryl/α,β-unsaturated/α-hetero) is 1. The van der Waals surface area contributed by atoms with E-state index in [0.29, 0.717) is 91.9 Å². The lowest BCUT2D eigenvalue weighted by molar-refractivity contribution is -0.605. The van der Waals surface area contributed by atoms with Gasteiger partial charge in [-0.25, -0.2) is 14.8 Å². The molecule has 0 aromatic carbocycles. The van der Waals surface area contributed by atoms with Gasteiger partial charge in [-0.1, -0.05) is 62.3 Å². The van der Waals surface area contributed by atoms with Crippen molar-refractivity contribution in [1.82, 2.24) is 24.7 Å². The van der Waals surface area contributed by atoms with Crippen molar-refractivity contribution >= 4 is 74.1 Å². The third kappa shape index (κ3) is 22.6. The fraction of sp³-hybridized carbons (Fsp3) is 0.418. The summed E-state index contributed by atoms with van der Waals surface area (Å²) in [7, 11) is 6.02. The van der Waals surface area contributed by atoms with E-state index >= 15 is 0 Å². The molecule has 27 heteroatoms. The number of carbonyl (C=O) groups excluding carboxylic acids is 1. The summed E-state index contributed by atoms with van der Waals surface area (Å²) in [5, 5.41) is 55.4. The summed E-state index contributed by atoms with van der Waals surface area (Å²) in [5.41, 5.74) is 1.43. The molecular weight excluding hydrogens is 1220 g/mol. The van der Waals surface area contributed by atoms with Gasteiger partial charge in [-0.2, -0.15) is 9.46 Å². The van der Waals surface area contributed by atoms with E-state index in [1.165, 1.54) is 108 Å². The Bertz CT molecular complexity index is 3130. The van der Waals surface area contributed by atoms with Crippen LogP contribution in [-0.2, 0) is 19.6 Å². The number of alkyl halides is 1. The number of carboxylic acids is 1. The van der Waals surface area contributed by atoms with Crippen molar-refractivity contribution in [3.63, 3.8) is 0 Å². The van der Waals surface area contributed by atoms with Gasteiger partial charge in [-0.05, 0) is 75.0 Å². The van der Waals surface area contributed by atoms with E-state index in [1.807, 2.05) is 0 Å². The fourth-order valence-corrected chi connectivity index (χ4v) is 8.11. The number of aromatic nitrogens is 6. The van der Waals surface area contributed by atoms with E-state index in [4.69, 9.17) is 105 Å². The van der Waals surface area contributed by atoms with Gasteiger partial charge < -0.3 is 63.9 Å². The SMILES string of the molecule is BrCC1CC1.COc1c[nH]c(CO)cc1=O.COc1cnc(C(=O)Cc2c(Cl)c[n+]([O-])cc2Cl)cc1OCC1CC1.COc1cnc(C(=O)O)cc1OCC1CC1.COc1cnc(CO)cc1OCC1CC1.N=c1c(Cl)cn(O)cc1Cl. The summed E-state index contributed by atoms with van der Waals surface area (Å²) >= 11 is 26.3. The zero-order valence-electron chi connectivity index (χ0n) is 45.2. The number of hydrogen-bond donors (Lipinski definition) is 6. The average Bonchev–Trinajstić information content (AvgIpc) is 4.38. The predicted octanol–water partition coefficient (Wildman–Crippen LogP) is 9.37. The highest BCUT2D eigenvalue weighted by Gasteiger charge is 2.26. The third-order valence-corrected chi connectivity index (χ3v) is 14.1. The number of halogens is 5. The summed E-state index contributed by atoms with van der Waals surface area (Å²) in [6.45, 7) is 1.68. The molecule has 4 fully saturated rings. The summed E-state index contributed by atoms with van der Waals surface area (Å²) in [6, 6.07) is 5.98. The Morgan fingerprint density at radius 3 is 1.50 bits per heavy atom. The number of aromatic amines is 1. The molecule has 0 aliphatic heterocycles. The summed E-state index contributed by atoms with van der Waals surface area (Å²) < 4.78 is 38.2. The van der Waals surface area contributed by atoms with E-state index in [1.54, 1.807) is 25.4 Å². The van der Waals surface area contributed by atoms with Gasteiger partial charge in [0.05, 0.1) is 114 Å². The van der Waals surface area contributed by atoms with Crippen LogP contribution in [0.1, 0.15) is 89.3 Å². The average molecular weight is 1280 g/mol. The number of pyridine rings is 6. The number of H-pyrrole nitrogens is 1. The van der Waals surface area contributed by atoms with E-state index in [2.05, 4.69) is 35.9 Å². The Kier molecular flexibility index (Phi) is 27.0. The zero-order valence-corrected chi connectivity index (χ0v) is 49.9. The number of carbonyl (C=O) groups is 2. The molecule has 0 bridgehead atoms. The molecule has 22 nitrogen and oxygen atoms in total. The molecule has 0 spiro atoms. The Hall–Kier alpha value is -6.60. The summed E-state index contributed by atoms with van der Waals surface area (Å²) in [5.74, 6) is 4.96. The Labute approximate surface area is 501 Å². The van der Waals surface area contributed by atoms with Crippen molar-refractivity contribution in [2.24, 2.45) is 23.7 Å². The normalized spacial score (nSPS) is 13.6. The molecule has 6 N–H and O–H groups in total. The van der Waals surface area contributed by atoms with Crippen molar-refractivity contribution in [2.45, 2.75) is 71.0 Å². The zero-order chi connectivity index (χ0) is 59.9. The second-order valence-corrected chi connectivity index (χ2v) is 21.0. The number of methoxy groups -OCH3 is 4. The van der Waals surface area contributed by atoms with Gasteiger partial charge in [-0.3, -0.25) is 20.0 Å². The largest absolute Gasteiger partial charge is 0.619 e. The molecule has 6 aromatic rings. The Morgan fingerprint density at radius 1 is 0.671 bits per heavy atom. The number of ketones is 1. The molecule has 4 aliphatic rings. The maximum Gasteiger partial charge on any atom is 0.354 e. The number of nitrogens with zero attached hydrogens (tertiary/aromatic N) is 5. The van der Waals surface area contributed by atoms with Gasteiger partial charge in [0.1, 0.15) is 15.7 Å². The van der Waals surface area contributed by atoms with E-state index in [-0.39, 0.29) is 73.4 Å². The molecule has 0 unspecified atom stereocenters. The van der Waals surface area contributed by atoms with Crippen LogP contribution in [0.25, 0.3) is 0 Å². The third-order valence-electron chi connectivity index (χ3n) is 12.0. The molecule has 0 radical (unpaired) electrons. The highest BCUT2D eigenvalue weighted by atomic mass is 79.9. The molecule has 0 saturated heterocycles. The number of ether oxygens (including phenoxy) is 7. The van der Waals surface area contributed by atoms with Gasteiger partial charge in [0.15, 0.2) is 64.1 Å². The second kappa shape index (κ2) is 33.5. The van der Waals surface area contributed by atoms with Gasteiger partial charge in [0.25, 0.3) is 0 Å². The number of rotatable bonds is 20. The number of aliphatic hydroxyl groups is 2. The molecule has 6 aromatic heterocycles. The fourth-order valence-electron chi connectivity index (χ4n) is 6.43. The first-order chi connectivity index (χ1) is 39.3. The van der Waals surface area contributed by atoms with Crippen LogP contribution in [0.2, 0.25) is 20.1 Å². The molecule has 6 heterocycles. The van der Waals surface area contributed by atoms with Gasteiger partial charge in [0, 0.05) is 53.5 Å². The highest BCUT2D eigenvalue weighted by molar-refractivity contribution is 9.09. The van der Waals surface area contributed by atoms with Crippen molar-refractivity contribution in [2.75, 3.05) is 53.6 Å². The minimum atomic E-state index is -1.07. The lowest BCUT2D eigenvalue weighted by atomic mass is 10.1. The predicted molar refractivity (Wildman–Crippen MR) is 307 cm³/mol. The Balaban J connectivity index is 0.000000190. The first kappa shape index (κ1) is 66.2. The van der Waals surface area contributed by atoms with Gasteiger partial charge >= 0.3 is 5.97 Å². The maximum atomic E-state index is 12.5. The first-order valence-electron chi connectivity index (χ1n) is 25.5. The molecule has 4 saturated carbocycles. The molecule has 0 atom stereocenters. The van der Waals surface area contributed by atoms with Crippen LogP contribution in [0.15, 0.2) is 78.6 Å². The van der Waals surface area contributed by atoms with E-state index in [9.17, 15) is 19.6 Å². The smallest absolute Gasteiger partial charge is 0.354 e. The molecule has 0 amide bonds. The Morgan fingerprint density at radius 2 is 1.11 bits per heavy atom. The minimum absolute atomic E-state index is 0.0219. The number of nitrogens with one attached hydrogen (secondary N) is 2. The van der Waals surface area contributed by atoms with Crippen molar-refractivity contribution in [1.29, 1.82) is 5.41 Å². The molecule has 4 aliphatic carbocycles. The molecule has 444 valence electrons. The highest BCUT2D eigenvalue weighted by Crippen LogP contribution is 2.36. The standard InChI is InChI=1S/C17H16Cl2N2O4.C11H13NO4.C11H15NO3.C7H9NO3.C5H4Cl2N2O.C4H7Br/c1-24-17-6-20-14(5-16(17)25-9-10-2-3-10)15(22)4-11-12(18)7-21(23)8-13(11)19;1-15-10-5-12-8(11(13)14)4-9(10)16-6-7-2-3-7;1-14-11-5-12-9(6-13)4-10(11)15-7-8-2-3-8;1-11-7-3-8-5(4-9)2-6(7)10;6-3-1-9(10)2-4(7)5(3)8;5-3-4-1-2-4/h5-8,10H,2-4,9H2,1H3;4-5,7H,2-3,6H2,1H3,(H,13,14);4-5,8,13H,2-3,6-7H2,1H3;2-3,9H,4H2,1H3,(H,8,10);1-2,8,10H;4H,1-3H2. The number of carboxylic acid groups (broad SMARTS) is 1. The monoisotopic (exact) mass is 1280 g/mol. The number of aromatic carboxylic acids is 1. The van der Waals surface area contributed by atoms with Crippen LogP contribution in [0.3, 0.4) is 0 Å². The van der Waals surface area contributed by atoms with E-state index < -0.39 is 5.97 Å². The van der Waals surface area contributed by atoms with Crippen molar-refractivity contribution < 1.29 is 68.0 Å².